The molecule has 1 amide bonds. The third-order valence-corrected chi connectivity index (χ3v) is 3.59. The Labute approximate surface area is 115 Å². The maximum absolute atomic E-state index is 12.0. The van der Waals surface area contributed by atoms with E-state index in [0.717, 1.165) is 5.56 Å². The molecule has 0 spiro atoms. The third-order valence-electron chi connectivity index (χ3n) is 2.59. The molecule has 0 aliphatic heterocycles. The summed E-state index contributed by atoms with van der Waals surface area (Å²) in [6.45, 7) is 0.608. The second-order valence-electron chi connectivity index (χ2n) is 4.11. The van der Waals surface area contributed by atoms with Gasteiger partial charge in [-0.2, -0.15) is 0 Å². The lowest BCUT2D eigenvalue weighted by Gasteiger charge is -2.16. The average molecular weight is 277 g/mol. The summed E-state index contributed by atoms with van der Waals surface area (Å²) >= 11 is 1.34. The van der Waals surface area contributed by atoms with Gasteiger partial charge in [-0.3, -0.25) is 4.79 Å². The molecular weight excluding hydrogens is 262 g/mol. The zero-order valence-electron chi connectivity index (χ0n) is 10.9. The van der Waals surface area contributed by atoms with E-state index >= 15 is 0 Å². The molecule has 100 valence electrons. The minimum Gasteiger partial charge on any atom is -0.341 e. The SMILES string of the molecule is CN(Cc1ccccc1)C(=O)CSc1nnnn1C. The number of rotatable bonds is 5. The maximum atomic E-state index is 12.0. The monoisotopic (exact) mass is 277 g/mol. The van der Waals surface area contributed by atoms with Crippen molar-refractivity contribution in [2.75, 3.05) is 12.8 Å². The lowest BCUT2D eigenvalue weighted by molar-refractivity contribution is -0.127. The van der Waals surface area contributed by atoms with Crippen molar-refractivity contribution < 1.29 is 4.79 Å². The summed E-state index contributed by atoms with van der Waals surface area (Å²) in [6.07, 6.45) is 0. The van der Waals surface area contributed by atoms with Gasteiger partial charge >= 0.3 is 0 Å². The number of thioether (sulfide) groups is 1. The Hall–Kier alpha value is -1.89. The third kappa shape index (κ3) is 3.78. The Morgan fingerprint density at radius 1 is 1.37 bits per heavy atom. The van der Waals surface area contributed by atoms with E-state index in [2.05, 4.69) is 15.5 Å². The van der Waals surface area contributed by atoms with Crippen molar-refractivity contribution in [1.82, 2.24) is 25.1 Å². The fourth-order valence-electron chi connectivity index (χ4n) is 1.53. The standard InChI is InChI=1S/C12H15N5OS/c1-16(8-10-6-4-3-5-7-10)11(18)9-19-12-13-14-15-17(12)2/h3-7H,8-9H2,1-2H3. The van der Waals surface area contributed by atoms with Crippen LogP contribution in [0.1, 0.15) is 5.56 Å². The van der Waals surface area contributed by atoms with Crippen LogP contribution in [0.25, 0.3) is 0 Å². The van der Waals surface area contributed by atoms with Crippen molar-refractivity contribution in [2.45, 2.75) is 11.7 Å². The number of carbonyl (C=O) groups excluding carboxylic acids is 1. The lowest BCUT2D eigenvalue weighted by atomic mass is 10.2. The molecule has 6 nitrogen and oxygen atoms in total. The Bertz CT molecular complexity index is 542. The van der Waals surface area contributed by atoms with E-state index in [4.69, 9.17) is 0 Å². The van der Waals surface area contributed by atoms with E-state index in [1.54, 1.807) is 23.7 Å². The molecule has 1 heterocycles. The lowest BCUT2D eigenvalue weighted by Crippen LogP contribution is -2.27. The summed E-state index contributed by atoms with van der Waals surface area (Å²) in [5.74, 6) is 0.384. The van der Waals surface area contributed by atoms with Gasteiger partial charge in [0.15, 0.2) is 0 Å². The van der Waals surface area contributed by atoms with Gasteiger partial charge < -0.3 is 4.90 Å². The summed E-state index contributed by atoms with van der Waals surface area (Å²) in [5.41, 5.74) is 1.11. The number of aromatic nitrogens is 4. The number of amides is 1. The molecule has 7 heteroatoms. The fourth-order valence-corrected chi connectivity index (χ4v) is 2.32. The highest BCUT2D eigenvalue weighted by Crippen LogP contribution is 2.13. The molecule has 1 aromatic carbocycles. The van der Waals surface area contributed by atoms with Crippen LogP contribution in [0.3, 0.4) is 0 Å². The molecule has 19 heavy (non-hydrogen) atoms. The van der Waals surface area contributed by atoms with Crippen LogP contribution in [0.15, 0.2) is 35.5 Å². The average Bonchev–Trinajstić information content (AvgIpc) is 2.82. The van der Waals surface area contributed by atoms with Crippen LogP contribution in [0.4, 0.5) is 0 Å². The number of tetrazole rings is 1. The van der Waals surface area contributed by atoms with E-state index < -0.39 is 0 Å². The highest BCUT2D eigenvalue weighted by Gasteiger charge is 2.12. The predicted octanol–water partition coefficient (Wildman–Crippen LogP) is 0.961. The van der Waals surface area contributed by atoms with Crippen molar-refractivity contribution >= 4 is 17.7 Å². The first kappa shape index (κ1) is 13.5. The molecule has 0 aliphatic rings. The first-order chi connectivity index (χ1) is 9.16. The Morgan fingerprint density at radius 3 is 2.74 bits per heavy atom. The summed E-state index contributed by atoms with van der Waals surface area (Å²) in [6, 6.07) is 9.90. The van der Waals surface area contributed by atoms with E-state index in [-0.39, 0.29) is 5.91 Å². The molecule has 1 aromatic heterocycles. The Balaban J connectivity index is 1.84. The van der Waals surface area contributed by atoms with Gasteiger partial charge in [-0.15, -0.1) is 5.10 Å². The minimum atomic E-state index is 0.0526. The molecule has 0 bridgehead atoms. The molecule has 0 N–H and O–H groups in total. The van der Waals surface area contributed by atoms with E-state index in [0.29, 0.717) is 17.5 Å². The van der Waals surface area contributed by atoms with Crippen LogP contribution < -0.4 is 0 Å². The van der Waals surface area contributed by atoms with E-state index in [9.17, 15) is 4.79 Å². The van der Waals surface area contributed by atoms with Crippen molar-refractivity contribution in [1.29, 1.82) is 0 Å². The number of hydrogen-bond acceptors (Lipinski definition) is 5. The predicted molar refractivity (Wildman–Crippen MR) is 72.4 cm³/mol. The molecule has 0 saturated heterocycles. The molecule has 0 atom stereocenters. The van der Waals surface area contributed by atoms with Gasteiger partial charge in [0.05, 0.1) is 5.75 Å². The topological polar surface area (TPSA) is 63.9 Å². The van der Waals surface area contributed by atoms with Crippen LogP contribution >= 0.6 is 11.8 Å². The van der Waals surface area contributed by atoms with Crippen LogP contribution in [-0.2, 0) is 18.4 Å². The number of aryl methyl sites for hydroxylation is 1. The van der Waals surface area contributed by atoms with Crippen molar-refractivity contribution in [3.05, 3.63) is 35.9 Å². The second-order valence-corrected chi connectivity index (χ2v) is 5.05. The zero-order chi connectivity index (χ0) is 13.7. The molecule has 0 radical (unpaired) electrons. The van der Waals surface area contributed by atoms with Crippen molar-refractivity contribution in [3.8, 4) is 0 Å². The van der Waals surface area contributed by atoms with Gasteiger partial charge in [0.1, 0.15) is 0 Å². The highest BCUT2D eigenvalue weighted by atomic mass is 32.2. The van der Waals surface area contributed by atoms with Gasteiger partial charge in [0, 0.05) is 20.6 Å². The maximum Gasteiger partial charge on any atom is 0.233 e. The van der Waals surface area contributed by atoms with Crippen molar-refractivity contribution in [3.63, 3.8) is 0 Å². The first-order valence-electron chi connectivity index (χ1n) is 5.80. The second kappa shape index (κ2) is 6.33. The van der Waals surface area contributed by atoms with Crippen LogP contribution in [0.5, 0.6) is 0 Å². The normalized spacial score (nSPS) is 10.4. The van der Waals surface area contributed by atoms with E-state index in [1.807, 2.05) is 30.3 Å². The Morgan fingerprint density at radius 2 is 2.11 bits per heavy atom. The van der Waals surface area contributed by atoms with Gasteiger partial charge in [-0.1, -0.05) is 42.1 Å². The molecule has 0 unspecified atom stereocenters. The number of hydrogen-bond donors (Lipinski definition) is 0. The zero-order valence-corrected chi connectivity index (χ0v) is 11.7. The Kier molecular flexibility index (Phi) is 4.51. The van der Waals surface area contributed by atoms with Gasteiger partial charge in [-0.25, -0.2) is 4.68 Å². The molecule has 2 rings (SSSR count). The van der Waals surface area contributed by atoms with Gasteiger partial charge in [0.2, 0.25) is 11.1 Å². The molecule has 2 aromatic rings. The van der Waals surface area contributed by atoms with Gasteiger partial charge in [-0.05, 0) is 16.0 Å². The van der Waals surface area contributed by atoms with Crippen molar-refractivity contribution in [2.24, 2.45) is 7.05 Å². The number of nitrogens with zero attached hydrogens (tertiary/aromatic N) is 5. The molecule has 0 saturated carbocycles. The highest BCUT2D eigenvalue weighted by molar-refractivity contribution is 7.99. The fraction of sp³-hybridized carbons (Fsp3) is 0.333. The summed E-state index contributed by atoms with van der Waals surface area (Å²) < 4.78 is 1.55. The van der Waals surface area contributed by atoms with Crippen LogP contribution in [0.2, 0.25) is 0 Å². The summed E-state index contributed by atoms with van der Waals surface area (Å²) in [4.78, 5) is 13.7. The van der Waals surface area contributed by atoms with E-state index in [1.165, 1.54) is 11.8 Å². The quantitative estimate of drug-likeness (QED) is 0.762. The number of benzene rings is 1. The largest absolute Gasteiger partial charge is 0.341 e. The van der Waals surface area contributed by atoms with Gasteiger partial charge in [0.25, 0.3) is 0 Å². The number of carbonyl (C=O) groups is 1. The minimum absolute atomic E-state index is 0.0526. The summed E-state index contributed by atoms with van der Waals surface area (Å²) in [7, 11) is 3.55. The first-order valence-corrected chi connectivity index (χ1v) is 6.78. The molecular formula is C12H15N5OS. The van der Waals surface area contributed by atoms with Crippen LogP contribution in [-0.4, -0.2) is 43.8 Å². The smallest absolute Gasteiger partial charge is 0.233 e. The molecule has 0 fully saturated rings. The summed E-state index contributed by atoms with van der Waals surface area (Å²) in [5, 5.41) is 11.7. The molecule has 0 aliphatic carbocycles. The van der Waals surface area contributed by atoms with Crippen LogP contribution in [0, 0.1) is 0 Å².